The number of aromatic hydroxyl groups is 2. The van der Waals surface area contributed by atoms with Crippen LogP contribution in [0.3, 0.4) is 0 Å². The number of nitrogens with two attached hydrogens (primary N) is 3. The molecule has 0 bridgehead atoms. The molecule has 3 unspecified atom stereocenters. The van der Waals surface area contributed by atoms with Crippen LogP contribution in [0.15, 0.2) is 64.4 Å². The monoisotopic (exact) mass is 1970 g/mol. The van der Waals surface area contributed by atoms with Gasteiger partial charge in [0.25, 0.3) is 11.8 Å². The summed E-state index contributed by atoms with van der Waals surface area (Å²) in [4.78, 5) is 108. The van der Waals surface area contributed by atoms with Crippen LogP contribution < -0.4 is 49.3 Å². The number of aliphatic hydroxyl groups is 3. The summed E-state index contributed by atoms with van der Waals surface area (Å²) < 4.78 is 63.0. The van der Waals surface area contributed by atoms with Crippen LogP contribution in [-0.2, 0) is 40.1 Å². The zero-order chi connectivity index (χ0) is 104. The minimum atomic E-state index is -0.876. The number of alkyl carbamates (subject to hydrolysis) is 2. The molecule has 13 rings (SSSR count). The number of Topliss-reactive ketones (excluding diaryl/α,β-unsaturated/α-hetero) is 2. The molecule has 782 valence electrons. The van der Waals surface area contributed by atoms with Gasteiger partial charge in [0.1, 0.15) is 34.8 Å². The van der Waals surface area contributed by atoms with E-state index >= 15 is 0 Å². The third-order valence-electron chi connectivity index (χ3n) is 27.1. The molecule has 4 aromatic rings. The summed E-state index contributed by atoms with van der Waals surface area (Å²) in [7, 11) is 4.86. The zero-order valence-corrected chi connectivity index (χ0v) is 87.8. The molecule has 9 aliphatic rings. The summed E-state index contributed by atoms with van der Waals surface area (Å²) in [6.45, 7) is 39.7. The quantitative estimate of drug-likeness (QED) is 0.0142. The average molecular weight is 1970 g/mol. The Bertz CT molecular complexity index is 4620. The number of nitrogens with one attached hydrogen (secondary N) is 4. The zero-order valence-electron chi connectivity index (χ0n) is 86.6. The fourth-order valence-electron chi connectivity index (χ4n) is 19.6. The third-order valence-corrected chi connectivity index (χ3v) is 27.1. The molecular formula is C106H173BF3N12O16P. The average Bonchev–Trinajstić information content (AvgIpc) is 1.05. The number of ether oxygens (including phenoxy) is 2. The molecule has 6 heterocycles. The molecule has 4 aliphatic heterocycles. The molecule has 0 spiro atoms. The Balaban J connectivity index is 0.000000301. The van der Waals surface area contributed by atoms with Crippen LogP contribution in [0.2, 0.25) is 0 Å². The van der Waals surface area contributed by atoms with Crippen molar-refractivity contribution in [1.82, 2.24) is 45.1 Å². The first-order valence-corrected chi connectivity index (χ1v) is 52.2. The maximum absolute atomic E-state index is 14.0. The minimum absolute atomic E-state index is 0.0121. The second-order valence-electron chi connectivity index (χ2n) is 42.7. The number of hydrogen-bond donors (Lipinski definition) is 12. The molecular weight excluding hydrogens is 1800 g/mol. The fourth-order valence-corrected chi connectivity index (χ4v) is 19.6. The van der Waals surface area contributed by atoms with Gasteiger partial charge >= 0.3 is 41.1 Å². The molecule has 139 heavy (non-hydrogen) atoms. The number of likely N-dealkylation sites (N-methyl/N-ethyl adjacent to an activating group) is 1. The number of ketones is 2. The standard InChI is InChI=1S/C29H34F2N2O4.C23H26FN3O4.C16H32N2O2.C12H23NO3.C11H24N2.C7H15NO.C4H11N.C2HBO2.C2H7P/c1-16(2)11-19-12-18-5-3-4-6-23(18)33-24(19)15-32-14-21(27(35)28(36)26(32)29(33)37)25(34)10-8-17-7-9-20(30)13-22(17)31;1-14-4-3-11-27-19(25(14)2)13-26-12-17(21(29)22(30)20(26)23(27)31)18(28)10-7-15-5-8-16(24)9-6-15;1-12(2)10-17-11-13-8-6-7-9-14(13)18-15(19)20-16(3,4)5;1-12(2,3)16-11(15)13-10-7-5-4-6-9(10)8-14;1-9(2)7-13-8-10-5-3-4-6-11(10)12;8-7-4-2-1-3-6(7)5-9;1-4(2)3-5;4-2-1-3-5;1-2-3/h7,9,13-14,16,18-19,23-24,36H,3-6,8,10-12,15H2,1-2H3;5-6,8-9,12,14,19,30H,3-4,7,10-11,13H2,1-2H3;12-14,17H,6-11H2,1-5H3,(H,18,19);9-10,14H,4-8H2,1-3H3,(H,13,15);9-11,13H,3-8,12H2,1-2H3;6-7,9H,1-5,8H2;4H,3,5H2,1-2H3;4H;2-3H2,1H3/t18-,19?,23-,24-;14-,19?;13-,14-;9-,10-;10-,11-;6-,7-;;;/m000000.../s1. The van der Waals surface area contributed by atoms with E-state index in [-0.39, 0.29) is 133 Å². The van der Waals surface area contributed by atoms with Gasteiger partial charge in [-0.1, -0.05) is 145 Å². The molecule has 2 saturated heterocycles. The van der Waals surface area contributed by atoms with Crippen LogP contribution in [0.1, 0.15) is 331 Å². The molecule has 4 amide bonds. The van der Waals surface area contributed by atoms with Gasteiger partial charge in [0, 0.05) is 99.8 Å². The Morgan fingerprint density at radius 3 is 1.50 bits per heavy atom. The van der Waals surface area contributed by atoms with Gasteiger partial charge in [0.15, 0.2) is 34.5 Å². The number of carbonyl (C=O) groups excluding carboxylic acids is 6. The number of pyridine rings is 2. The number of piperidine rings is 1. The van der Waals surface area contributed by atoms with E-state index in [0.29, 0.717) is 80.7 Å². The van der Waals surface area contributed by atoms with Crippen molar-refractivity contribution in [2.24, 2.45) is 76.4 Å². The Labute approximate surface area is 829 Å². The van der Waals surface area contributed by atoms with Crippen molar-refractivity contribution in [2.75, 3.05) is 65.7 Å². The Hall–Kier alpha value is -8.12. The van der Waals surface area contributed by atoms with E-state index in [4.69, 9.17) is 41.6 Å². The Kier molecular flexibility index (Phi) is 53.9. The van der Waals surface area contributed by atoms with E-state index < -0.39 is 62.7 Å². The molecule has 5 aliphatic carbocycles. The van der Waals surface area contributed by atoms with Crippen LogP contribution in [0.5, 0.6) is 11.5 Å². The van der Waals surface area contributed by atoms with E-state index in [9.17, 15) is 66.8 Å². The first-order valence-electron chi connectivity index (χ1n) is 51.4. The maximum atomic E-state index is 14.0. The van der Waals surface area contributed by atoms with Crippen molar-refractivity contribution in [2.45, 2.75) is 363 Å². The van der Waals surface area contributed by atoms with Gasteiger partial charge in [-0.25, -0.2) is 22.8 Å². The number of nitrogens with zero attached hydrogens (tertiary/aromatic N) is 5. The normalized spacial score (nSPS) is 23.6. The molecule has 33 heteroatoms. The van der Waals surface area contributed by atoms with Gasteiger partial charge in [0.2, 0.25) is 10.9 Å². The van der Waals surface area contributed by atoms with E-state index in [0.717, 1.165) is 159 Å². The molecule has 5 saturated carbocycles. The van der Waals surface area contributed by atoms with Crippen LogP contribution in [-0.4, -0.2) is 217 Å². The molecule has 2 aromatic carbocycles. The topological polar surface area (TPSA) is 419 Å². The van der Waals surface area contributed by atoms with Crippen LogP contribution in [0.25, 0.3) is 0 Å². The number of amides is 4. The number of aryl methyl sites for hydroxylation is 2. The van der Waals surface area contributed by atoms with Crippen molar-refractivity contribution < 1.29 is 81.6 Å². The van der Waals surface area contributed by atoms with Gasteiger partial charge in [-0.3, -0.25) is 33.7 Å². The van der Waals surface area contributed by atoms with Crippen LogP contribution in [0, 0.1) is 88.6 Å². The first kappa shape index (κ1) is 121. The number of fused-ring (bicyclic) bond motifs is 6. The number of hydrogen-bond acceptors (Lipinski definition) is 22. The molecule has 15 N–H and O–H groups in total. The molecule has 7 fully saturated rings. The second kappa shape index (κ2) is 61.8. The van der Waals surface area contributed by atoms with Gasteiger partial charge in [0.05, 0.1) is 23.7 Å². The van der Waals surface area contributed by atoms with Crippen molar-refractivity contribution in [3.05, 3.63) is 126 Å². The van der Waals surface area contributed by atoms with Crippen molar-refractivity contribution in [3.63, 3.8) is 0 Å². The molecule has 0 radical (unpaired) electrons. The molecule has 28 nitrogen and oxygen atoms in total. The summed E-state index contributed by atoms with van der Waals surface area (Å²) in [5, 5.41) is 59.8. The Morgan fingerprint density at radius 2 is 1.03 bits per heavy atom. The summed E-state index contributed by atoms with van der Waals surface area (Å²) in [6.07, 6.45) is 31.7. The fraction of sp³-hybridized carbons (Fsp3) is 0.717. The number of halogens is 3. The summed E-state index contributed by atoms with van der Waals surface area (Å²) in [5.74, 6) is 1.97. The van der Waals surface area contributed by atoms with Crippen molar-refractivity contribution in [1.29, 1.82) is 0 Å². The van der Waals surface area contributed by atoms with Gasteiger partial charge in [-0.15, -0.1) is 9.24 Å². The summed E-state index contributed by atoms with van der Waals surface area (Å²) >= 11 is 0. The second-order valence-corrected chi connectivity index (χ2v) is 43.5. The predicted molar refractivity (Wildman–Crippen MR) is 547 cm³/mol. The van der Waals surface area contributed by atoms with Gasteiger partial charge in [-0.05, 0) is 280 Å². The SMILES string of the molecule is CC(C)(C)OC(=O)N[C@H]1CCCC[C@H]1CO.CC(C)CC1C[C@@H]2CCCC[C@@H]2N2C(=O)c3c(O)c(=O)c(C(=O)CCc4ccc(F)cc4F)cn3C[C@@H]12.CC(C)CN.CC(C)CNC[C@@H]1CCCC[C@@H]1N.CC(C)CNC[C@@H]1CCCC[C@@H]1NC(=O)OC(C)(C)C.CCP.C[C@H]1CCCN2C(=O)c3c(O)c(=O)c(C(=O)CCc4ccc(F)cc4)cn3CC2N1C.N[C@H]1CCCC[C@H]1CO.O=BC#CO. The van der Waals surface area contributed by atoms with Crippen LogP contribution >= 0.6 is 9.24 Å². The molecule has 2 aromatic heterocycles. The number of rotatable bonds is 23. The van der Waals surface area contributed by atoms with Gasteiger partial charge < -0.3 is 87.3 Å². The van der Waals surface area contributed by atoms with E-state index in [1.807, 2.05) is 53.5 Å². The van der Waals surface area contributed by atoms with E-state index in [1.165, 1.54) is 101 Å². The first-order chi connectivity index (χ1) is 65.8. The number of carbonyl (C=O) groups is 6. The third kappa shape index (κ3) is 40.9. The van der Waals surface area contributed by atoms with E-state index in [2.05, 4.69) is 105 Å². The van der Waals surface area contributed by atoms with Crippen LogP contribution in [0.4, 0.5) is 22.8 Å². The summed E-state index contributed by atoms with van der Waals surface area (Å²) in [6, 6.07) is 10.4. The number of aliphatic hydroxyl groups excluding tert-OH is 3. The number of benzene rings is 2. The Morgan fingerprint density at radius 1 is 0.576 bits per heavy atom. The van der Waals surface area contributed by atoms with Crippen molar-refractivity contribution in [3.8, 4) is 23.4 Å². The number of aromatic nitrogens is 2. The predicted octanol–water partition coefficient (Wildman–Crippen LogP) is 15.9. The van der Waals surface area contributed by atoms with E-state index in [1.54, 1.807) is 32.0 Å². The molecule has 15 atom stereocenters. The summed E-state index contributed by atoms with van der Waals surface area (Å²) in [5.41, 5.74) is 14.9. The van der Waals surface area contributed by atoms with Crippen molar-refractivity contribution >= 4 is 52.0 Å². The van der Waals surface area contributed by atoms with Gasteiger partial charge in [-0.2, -0.15) is 0 Å².